The summed E-state index contributed by atoms with van der Waals surface area (Å²) in [4.78, 5) is 17.9. The summed E-state index contributed by atoms with van der Waals surface area (Å²) in [7, 11) is 0. The largest absolute Gasteiger partial charge is 0.488 e. The molecule has 0 radical (unpaired) electrons. The van der Waals surface area contributed by atoms with Crippen LogP contribution in [0.5, 0.6) is 5.75 Å². The minimum Gasteiger partial charge on any atom is -0.488 e. The van der Waals surface area contributed by atoms with Crippen molar-refractivity contribution in [2.24, 2.45) is 0 Å². The molecule has 0 saturated carbocycles. The Morgan fingerprint density at radius 2 is 1.67 bits per heavy atom. The number of epoxide rings is 1. The predicted molar refractivity (Wildman–Crippen MR) is 152 cm³/mol. The number of alkyl halides is 6. The van der Waals surface area contributed by atoms with Crippen LogP contribution in [0.3, 0.4) is 0 Å². The van der Waals surface area contributed by atoms with Gasteiger partial charge >= 0.3 is 18.3 Å². The van der Waals surface area contributed by atoms with Gasteiger partial charge in [0.05, 0.1) is 24.1 Å². The van der Waals surface area contributed by atoms with Gasteiger partial charge in [-0.1, -0.05) is 36.4 Å². The number of hydrogen-bond acceptors (Lipinski definition) is 6. The van der Waals surface area contributed by atoms with Crippen LogP contribution in [0.1, 0.15) is 58.4 Å². The second kappa shape index (κ2) is 11.7. The molecule has 8 nitrogen and oxygen atoms in total. The lowest BCUT2D eigenvalue weighted by molar-refractivity contribution is -0.143. The highest BCUT2D eigenvalue weighted by Crippen LogP contribution is 2.43. The number of carboxylic acid groups (broad SMARTS) is 1. The van der Waals surface area contributed by atoms with Gasteiger partial charge in [0.1, 0.15) is 23.6 Å². The number of aromatic nitrogens is 3. The average Bonchev–Trinajstić information content (AvgIpc) is 3.60. The molecule has 4 heterocycles. The summed E-state index contributed by atoms with van der Waals surface area (Å²) in [6.45, 7) is 4.43. The molecule has 1 unspecified atom stereocenters. The minimum absolute atomic E-state index is 0.118. The van der Waals surface area contributed by atoms with Gasteiger partial charge in [0.25, 0.3) is 0 Å². The van der Waals surface area contributed by atoms with E-state index in [1.165, 1.54) is 18.2 Å². The molecular formula is C32H28F6N4O4. The van der Waals surface area contributed by atoms with Crippen molar-refractivity contribution in [2.45, 2.75) is 50.4 Å². The smallest absolute Gasteiger partial charge is 0.434 e. The summed E-state index contributed by atoms with van der Waals surface area (Å²) in [5.74, 6) is -2.49. The lowest BCUT2D eigenvalue weighted by atomic mass is 9.88. The van der Waals surface area contributed by atoms with Crippen molar-refractivity contribution in [1.82, 2.24) is 19.7 Å². The number of aromatic carboxylic acids is 1. The van der Waals surface area contributed by atoms with Crippen LogP contribution in [0, 0.1) is 0 Å². The molecule has 1 atom stereocenters. The zero-order valence-corrected chi connectivity index (χ0v) is 24.4. The zero-order valence-electron chi connectivity index (χ0n) is 24.4. The summed E-state index contributed by atoms with van der Waals surface area (Å²) < 4.78 is 95.5. The van der Waals surface area contributed by atoms with Crippen LogP contribution in [0.25, 0.3) is 17.1 Å². The van der Waals surface area contributed by atoms with Crippen LogP contribution < -0.4 is 4.74 Å². The van der Waals surface area contributed by atoms with Crippen LogP contribution in [0.2, 0.25) is 0 Å². The maximum Gasteiger partial charge on any atom is 0.434 e. The van der Waals surface area contributed by atoms with Crippen LogP contribution >= 0.6 is 0 Å². The third-order valence-corrected chi connectivity index (χ3v) is 8.38. The lowest BCUT2D eigenvalue weighted by Crippen LogP contribution is -2.41. The van der Waals surface area contributed by atoms with Crippen molar-refractivity contribution in [3.8, 4) is 22.8 Å². The number of ether oxygens (including phenoxy) is 2. The van der Waals surface area contributed by atoms with Crippen molar-refractivity contribution in [3.05, 3.63) is 94.8 Å². The maximum absolute atomic E-state index is 14.1. The number of nitrogens with zero attached hydrogens (tertiary/aromatic N) is 4. The molecule has 1 N–H and O–H groups in total. The monoisotopic (exact) mass is 646 g/mol. The molecule has 2 aliphatic heterocycles. The van der Waals surface area contributed by atoms with E-state index in [1.54, 1.807) is 12.1 Å². The fourth-order valence-electron chi connectivity index (χ4n) is 5.77. The first-order valence-electron chi connectivity index (χ1n) is 14.4. The molecule has 0 amide bonds. The molecule has 2 fully saturated rings. The number of hydrogen-bond donors (Lipinski definition) is 1. The van der Waals surface area contributed by atoms with Crippen molar-refractivity contribution >= 4 is 5.97 Å². The molecule has 0 spiro atoms. The highest BCUT2D eigenvalue weighted by molar-refractivity contribution is 5.89. The van der Waals surface area contributed by atoms with Crippen molar-refractivity contribution in [2.75, 3.05) is 19.7 Å². The Hall–Kier alpha value is -4.43. The fraction of sp³-hybridized carbons (Fsp3) is 0.344. The Morgan fingerprint density at radius 1 is 1.00 bits per heavy atom. The molecule has 2 aromatic carbocycles. The van der Waals surface area contributed by atoms with Crippen molar-refractivity contribution in [3.63, 3.8) is 0 Å². The molecule has 46 heavy (non-hydrogen) atoms. The average molecular weight is 647 g/mol. The molecule has 4 aromatic rings. The number of likely N-dealkylation sites (tertiary alicyclic amines) is 1. The van der Waals surface area contributed by atoms with Gasteiger partial charge in [-0.15, -0.1) is 0 Å². The second-order valence-corrected chi connectivity index (χ2v) is 11.4. The van der Waals surface area contributed by atoms with E-state index in [0.717, 1.165) is 56.3 Å². The van der Waals surface area contributed by atoms with E-state index in [2.05, 4.69) is 21.9 Å². The van der Waals surface area contributed by atoms with Crippen LogP contribution in [0.15, 0.2) is 66.9 Å². The number of para-hydroxylation sites is 1. The van der Waals surface area contributed by atoms with Crippen LogP contribution in [0.4, 0.5) is 26.3 Å². The molecule has 242 valence electrons. The van der Waals surface area contributed by atoms with Crippen LogP contribution in [-0.4, -0.2) is 56.2 Å². The van der Waals surface area contributed by atoms with E-state index >= 15 is 0 Å². The first-order valence-corrected chi connectivity index (χ1v) is 14.4. The summed E-state index contributed by atoms with van der Waals surface area (Å²) in [6, 6.07) is 14.5. The number of rotatable bonds is 8. The quantitative estimate of drug-likeness (QED) is 0.160. The summed E-state index contributed by atoms with van der Waals surface area (Å²) in [5, 5.41) is 12.8. The molecule has 0 bridgehead atoms. The Kier molecular flexibility index (Phi) is 8.05. The van der Waals surface area contributed by atoms with E-state index in [-0.39, 0.29) is 23.6 Å². The van der Waals surface area contributed by atoms with Gasteiger partial charge in [0.15, 0.2) is 11.5 Å². The lowest BCUT2D eigenvalue weighted by Gasteiger charge is -2.34. The minimum atomic E-state index is -5.11. The second-order valence-electron chi connectivity index (χ2n) is 11.4. The highest BCUT2D eigenvalue weighted by Gasteiger charge is 2.46. The number of pyridine rings is 1. The summed E-state index contributed by atoms with van der Waals surface area (Å²) >= 11 is 0. The van der Waals surface area contributed by atoms with Gasteiger partial charge < -0.3 is 14.6 Å². The van der Waals surface area contributed by atoms with Gasteiger partial charge in [0, 0.05) is 18.7 Å². The molecule has 6 rings (SSSR count). The summed E-state index contributed by atoms with van der Waals surface area (Å²) in [5.41, 5.74) is -2.41. The van der Waals surface area contributed by atoms with E-state index in [0.29, 0.717) is 22.4 Å². The fourth-order valence-corrected chi connectivity index (χ4v) is 5.77. The molecule has 2 saturated heterocycles. The van der Waals surface area contributed by atoms with Gasteiger partial charge in [-0.3, -0.25) is 4.90 Å². The van der Waals surface area contributed by atoms with Crippen molar-refractivity contribution in [1.29, 1.82) is 0 Å². The maximum atomic E-state index is 14.1. The number of piperidine rings is 1. The Morgan fingerprint density at radius 3 is 2.28 bits per heavy atom. The van der Waals surface area contributed by atoms with Gasteiger partial charge in [0.2, 0.25) is 0 Å². The molecule has 14 heteroatoms. The third kappa shape index (κ3) is 6.31. The standard InChI is InChI=1S/C32H28F6N4O4/c1-30(18-46-30)41-14-12-21(13-15-41)20-10-8-19(9-11-20)17-45-27-22(4-2-5-24(27)31(33,34)35)25-6-3-7-26(40-25)42-28(32(36,37)38)23(16-39-42)29(43)44/h2-11,16,21H,12-15,17-18H2,1H3,(H,43,44). The molecular weight excluding hydrogens is 618 g/mol. The first-order chi connectivity index (χ1) is 21.7. The van der Waals surface area contributed by atoms with Crippen molar-refractivity contribution < 1.29 is 45.7 Å². The van der Waals surface area contributed by atoms with E-state index in [4.69, 9.17) is 9.47 Å². The Balaban J connectivity index is 1.26. The van der Waals surface area contributed by atoms with E-state index in [9.17, 15) is 36.2 Å². The third-order valence-electron chi connectivity index (χ3n) is 8.38. The molecule has 2 aromatic heterocycles. The first kappa shape index (κ1) is 31.5. The Bertz CT molecular complexity index is 1740. The van der Waals surface area contributed by atoms with Crippen LogP contribution in [-0.2, 0) is 23.7 Å². The normalized spacial score (nSPS) is 19.3. The summed E-state index contributed by atoms with van der Waals surface area (Å²) in [6.07, 6.45) is -7.46. The predicted octanol–water partition coefficient (Wildman–Crippen LogP) is 7.17. The number of halogens is 6. The number of benzene rings is 2. The van der Waals surface area contributed by atoms with Gasteiger partial charge in [-0.25, -0.2) is 14.5 Å². The number of carbonyl (C=O) groups is 1. The van der Waals surface area contributed by atoms with Gasteiger partial charge in [-0.05, 0) is 61.1 Å². The van der Waals surface area contributed by atoms with E-state index in [1.807, 2.05) is 12.1 Å². The SMILES string of the molecule is CC1(N2CCC(c3ccc(COc4c(-c5cccc(-n6ncc(C(=O)O)c6C(F)(F)F)n5)cccc4C(F)(F)F)cc3)CC2)CO1. The topological polar surface area (TPSA) is 93.0 Å². The highest BCUT2D eigenvalue weighted by atomic mass is 19.4. The Labute approximate surface area is 259 Å². The molecule has 2 aliphatic rings. The van der Waals surface area contributed by atoms with E-state index < -0.39 is 46.7 Å². The van der Waals surface area contributed by atoms with Gasteiger partial charge in [-0.2, -0.15) is 31.4 Å². The number of carboxylic acids is 1. The molecule has 0 aliphatic carbocycles. The zero-order chi connectivity index (χ0) is 32.9.